The fourth-order valence-corrected chi connectivity index (χ4v) is 7.40. The van der Waals surface area contributed by atoms with Gasteiger partial charge in [0.05, 0.1) is 42.1 Å². The van der Waals surface area contributed by atoms with E-state index in [1.54, 1.807) is 76.0 Å². The van der Waals surface area contributed by atoms with E-state index in [0.29, 0.717) is 45.1 Å². The van der Waals surface area contributed by atoms with Crippen molar-refractivity contribution >= 4 is 32.8 Å². The van der Waals surface area contributed by atoms with E-state index in [2.05, 4.69) is 51.4 Å². The minimum absolute atomic E-state index is 0. The van der Waals surface area contributed by atoms with E-state index in [1.807, 2.05) is 41.0 Å². The number of para-hydroxylation sites is 3. The topological polar surface area (TPSA) is 59.6 Å². The second-order valence-corrected chi connectivity index (χ2v) is 14.9. The van der Waals surface area contributed by atoms with Crippen LogP contribution in [0.2, 0.25) is 0 Å². The molecule has 3 heterocycles. The van der Waals surface area contributed by atoms with Crippen LogP contribution in [0.15, 0.2) is 170 Å². The molecule has 3 aromatic heterocycles. The van der Waals surface area contributed by atoms with Crippen molar-refractivity contribution in [2.45, 2.75) is 26.2 Å². The SMILES string of the molecule is [2H]c1c([2H])c([2H])c(-c2cccc(-c3c([2H])c([2H])c([2H])c([2H])c3[2H])c2-[n+]2[c-]n(-c3[c-]c(Oc4[c-]c5c(cc4)c4cc(C#N)ccc4n5-c4cc(C(C)(C)C)ccn4)ccc3)c3ccccc32)c([2H])c1[2H].[Pt]. The van der Waals surface area contributed by atoms with Gasteiger partial charge >= 0.3 is 0 Å². The molecular formula is C53H37N5OPt-2. The van der Waals surface area contributed by atoms with Crippen LogP contribution in [0.3, 0.4) is 0 Å². The van der Waals surface area contributed by atoms with Crippen molar-refractivity contribution in [3.63, 3.8) is 0 Å². The van der Waals surface area contributed by atoms with Gasteiger partial charge in [-0.05, 0) is 74.6 Å². The molecule has 0 aliphatic rings. The molecule has 0 aliphatic heterocycles. The van der Waals surface area contributed by atoms with Crippen LogP contribution in [0.1, 0.15) is 45.6 Å². The Balaban J connectivity index is 0.00000608. The fourth-order valence-electron chi connectivity index (χ4n) is 7.40. The molecular weight excluding hydrogens is 918 g/mol. The van der Waals surface area contributed by atoms with Gasteiger partial charge in [0.1, 0.15) is 5.82 Å². The third-order valence-corrected chi connectivity index (χ3v) is 10.2. The van der Waals surface area contributed by atoms with E-state index in [9.17, 15) is 5.26 Å². The van der Waals surface area contributed by atoms with Crippen LogP contribution >= 0.6 is 0 Å². The van der Waals surface area contributed by atoms with Crippen molar-refractivity contribution in [2.24, 2.45) is 0 Å². The maximum Gasteiger partial charge on any atom is 0.268 e. The number of imidazole rings is 1. The van der Waals surface area contributed by atoms with Crippen LogP contribution in [0.4, 0.5) is 0 Å². The van der Waals surface area contributed by atoms with Crippen LogP contribution in [-0.2, 0) is 26.5 Å². The Morgan fingerprint density at radius 3 is 2.13 bits per heavy atom. The minimum Gasteiger partial charge on any atom is -0.510 e. The molecule has 10 rings (SSSR count). The Morgan fingerprint density at radius 1 is 0.717 bits per heavy atom. The largest absolute Gasteiger partial charge is 0.510 e. The summed E-state index contributed by atoms with van der Waals surface area (Å²) in [6.07, 6.45) is 5.17. The zero-order valence-electron chi connectivity index (χ0n) is 42.4. The minimum atomic E-state index is -0.581. The number of nitriles is 1. The van der Waals surface area contributed by atoms with Gasteiger partial charge in [0.2, 0.25) is 0 Å². The zero-order valence-corrected chi connectivity index (χ0v) is 34.6. The second kappa shape index (κ2) is 15.6. The number of aromatic nitrogens is 4. The van der Waals surface area contributed by atoms with Gasteiger partial charge in [0, 0.05) is 44.3 Å². The van der Waals surface area contributed by atoms with Crippen LogP contribution < -0.4 is 9.30 Å². The number of hydrogen-bond acceptors (Lipinski definition) is 3. The molecule has 7 heteroatoms. The molecule has 0 spiro atoms. The first-order chi connectivity index (χ1) is 33.0. The van der Waals surface area contributed by atoms with E-state index in [0.717, 1.165) is 21.9 Å². The number of benzene rings is 7. The van der Waals surface area contributed by atoms with Crippen LogP contribution in [-0.4, -0.2) is 14.1 Å². The van der Waals surface area contributed by atoms with Crippen molar-refractivity contribution in [2.75, 3.05) is 0 Å². The summed E-state index contributed by atoms with van der Waals surface area (Å²) in [6, 6.07) is 34.3. The van der Waals surface area contributed by atoms with Gasteiger partial charge in [0.25, 0.3) is 6.33 Å². The van der Waals surface area contributed by atoms with Crippen LogP contribution in [0.25, 0.3) is 72.3 Å². The van der Waals surface area contributed by atoms with Gasteiger partial charge in [-0.3, -0.25) is 4.57 Å². The summed E-state index contributed by atoms with van der Waals surface area (Å²) in [5.74, 6) is 1.38. The molecule has 0 atom stereocenters. The van der Waals surface area contributed by atoms with Gasteiger partial charge in [-0.25, -0.2) is 4.98 Å². The molecule has 60 heavy (non-hydrogen) atoms. The first-order valence-electron chi connectivity index (χ1n) is 23.8. The Morgan fingerprint density at radius 2 is 1.42 bits per heavy atom. The van der Waals surface area contributed by atoms with Crippen LogP contribution in [0.5, 0.6) is 11.5 Å². The van der Waals surface area contributed by atoms with Gasteiger partial charge in [0.15, 0.2) is 0 Å². The maximum atomic E-state index is 9.79. The molecule has 0 radical (unpaired) electrons. The van der Waals surface area contributed by atoms with E-state index in [1.165, 1.54) is 0 Å². The summed E-state index contributed by atoms with van der Waals surface area (Å²) in [5, 5.41) is 11.5. The average molecular weight is 965 g/mol. The van der Waals surface area contributed by atoms with E-state index >= 15 is 0 Å². The first kappa shape index (κ1) is 28.4. The summed E-state index contributed by atoms with van der Waals surface area (Å²) in [6.45, 7) is 6.41. The Kier molecular flexibility index (Phi) is 7.38. The molecule has 7 aromatic carbocycles. The van der Waals surface area contributed by atoms with Gasteiger partial charge < -0.3 is 13.9 Å². The fraction of sp³-hybridized carbons (Fsp3) is 0.0755. The normalized spacial score (nSPS) is 13.8. The Bertz CT molecular complexity index is 3710. The van der Waals surface area contributed by atoms with Crippen molar-refractivity contribution in [3.05, 3.63) is 199 Å². The summed E-state index contributed by atoms with van der Waals surface area (Å²) in [7, 11) is 0. The molecule has 0 aliphatic carbocycles. The molecule has 6 nitrogen and oxygen atoms in total. The van der Waals surface area contributed by atoms with E-state index in [4.69, 9.17) is 23.4 Å². The second-order valence-electron chi connectivity index (χ2n) is 14.9. The molecule has 292 valence electrons. The third-order valence-electron chi connectivity index (χ3n) is 10.2. The van der Waals surface area contributed by atoms with Crippen molar-refractivity contribution < 1.29 is 44.1 Å². The Hall–Kier alpha value is -7.06. The number of ether oxygens (including phenoxy) is 1. The van der Waals surface area contributed by atoms with E-state index in [-0.39, 0.29) is 54.4 Å². The zero-order chi connectivity index (χ0) is 48.8. The number of nitrogens with zero attached hydrogens (tertiary/aromatic N) is 5. The Labute approximate surface area is 377 Å². The van der Waals surface area contributed by atoms with Gasteiger partial charge in [-0.1, -0.05) is 129 Å². The van der Waals surface area contributed by atoms with E-state index < -0.39 is 60.4 Å². The quantitative estimate of drug-likeness (QED) is 0.118. The van der Waals surface area contributed by atoms with Crippen molar-refractivity contribution in [3.8, 4) is 57.0 Å². The predicted octanol–water partition coefficient (Wildman–Crippen LogP) is 12.1. The van der Waals surface area contributed by atoms with Gasteiger partial charge in [-0.2, -0.15) is 23.5 Å². The monoisotopic (exact) mass is 964 g/mol. The number of fused-ring (bicyclic) bond motifs is 4. The number of rotatable bonds is 7. The van der Waals surface area contributed by atoms with Gasteiger partial charge in [-0.15, -0.1) is 29.7 Å². The predicted molar refractivity (Wildman–Crippen MR) is 234 cm³/mol. The molecule has 0 saturated carbocycles. The molecule has 10 aromatic rings. The molecule has 0 unspecified atom stereocenters. The number of pyridine rings is 1. The molecule has 0 saturated heterocycles. The molecule has 0 amide bonds. The van der Waals surface area contributed by atoms with Crippen LogP contribution in [0, 0.1) is 29.8 Å². The smallest absolute Gasteiger partial charge is 0.268 e. The summed E-state index contributed by atoms with van der Waals surface area (Å²) < 4.78 is 98.6. The maximum absolute atomic E-state index is 9.79. The van der Waals surface area contributed by atoms with Crippen molar-refractivity contribution in [1.29, 1.82) is 5.26 Å². The summed E-state index contributed by atoms with van der Waals surface area (Å²) in [5.41, 5.74) is 4.68. The van der Waals surface area contributed by atoms with Crippen molar-refractivity contribution in [1.82, 2.24) is 14.1 Å². The molecule has 0 N–H and O–H groups in total. The first-order valence-corrected chi connectivity index (χ1v) is 18.8. The third kappa shape index (κ3) is 6.87. The number of hydrogen-bond donors (Lipinski definition) is 0. The standard InChI is InChI=1S/C53H37N5O.Pt/c1-53(2,3)39-28-29-55-51(31-39)58-47-27-24-36(34-54)30-46(47)45-26-25-42(33-50(45)58)59-41-19-12-18-40(32-41)56-35-57(49-23-11-10-22-48(49)56)52-43(37-14-6-4-7-15-37)20-13-21-44(52)38-16-8-5-9-17-38;/h4-31H,1-3H3;/q-2;/i4D,5D,6D,7D,8D,9D,14D,15D,16D,17D;. The summed E-state index contributed by atoms with van der Waals surface area (Å²) >= 11 is 0. The molecule has 0 bridgehead atoms. The average Bonchev–Trinajstić information content (AvgIpc) is 3.89. The summed E-state index contributed by atoms with van der Waals surface area (Å²) in [4.78, 5) is 4.77. The molecule has 0 fully saturated rings.